The Morgan fingerprint density at radius 1 is 0.845 bits per heavy atom. The fraction of sp³-hybridized carbons (Fsp3) is 0.261. The van der Waals surface area contributed by atoms with Gasteiger partial charge in [-0.15, -0.1) is 5.10 Å². The first-order chi connectivity index (χ1) is 28.1. The zero-order valence-electron chi connectivity index (χ0n) is 32.6. The van der Waals surface area contributed by atoms with Crippen molar-refractivity contribution in [1.82, 2.24) is 15.0 Å². The summed E-state index contributed by atoms with van der Waals surface area (Å²) in [5.41, 5.74) is 4.15. The molecule has 1 fully saturated rings. The van der Waals surface area contributed by atoms with Crippen LogP contribution in [0.15, 0.2) is 134 Å². The average Bonchev–Trinajstić information content (AvgIpc) is 3.86. The molecule has 5 aromatic carbocycles. The summed E-state index contributed by atoms with van der Waals surface area (Å²) in [6, 6.07) is 39.9. The zero-order valence-corrected chi connectivity index (χ0v) is 33.6. The van der Waals surface area contributed by atoms with Crippen LogP contribution in [0.2, 0.25) is 18.6 Å². The molecular formula is C46H45N5O6Si. The van der Waals surface area contributed by atoms with E-state index in [2.05, 4.69) is 10.3 Å². The van der Waals surface area contributed by atoms with Gasteiger partial charge in [-0.05, 0) is 73.1 Å². The molecule has 9 rings (SSSR count). The number of fused-ring (bicyclic) bond motifs is 4. The number of nitrogens with zero attached hydrogens (tertiary/aromatic N) is 5. The van der Waals surface area contributed by atoms with Crippen LogP contribution in [0.25, 0.3) is 0 Å². The van der Waals surface area contributed by atoms with E-state index in [0.717, 1.165) is 22.4 Å². The lowest BCUT2D eigenvalue weighted by Gasteiger charge is -2.32. The van der Waals surface area contributed by atoms with E-state index >= 15 is 4.79 Å². The molecule has 0 radical (unpaired) electrons. The highest BCUT2D eigenvalue weighted by atomic mass is 28.4. The molecule has 1 aromatic heterocycles. The second-order valence-corrected chi connectivity index (χ2v) is 20.0. The van der Waals surface area contributed by atoms with Crippen LogP contribution in [0.4, 0.5) is 17.1 Å². The number of hydrogen-bond acceptors (Lipinski definition) is 8. The van der Waals surface area contributed by atoms with Crippen molar-refractivity contribution >= 4 is 37.2 Å². The maximum Gasteiger partial charge on any atom is 0.266 e. The largest absolute Gasteiger partial charge is 0.454 e. The van der Waals surface area contributed by atoms with E-state index in [0.29, 0.717) is 47.1 Å². The molecule has 2 amide bonds. The number of carbonyl (C=O) groups is 2. The minimum atomic E-state index is -2.90. The van der Waals surface area contributed by atoms with Gasteiger partial charge >= 0.3 is 0 Å². The van der Waals surface area contributed by atoms with Gasteiger partial charge in [0.25, 0.3) is 11.8 Å². The van der Waals surface area contributed by atoms with Gasteiger partial charge in [0.1, 0.15) is 5.75 Å². The molecule has 4 heterocycles. The molecule has 1 saturated heterocycles. The van der Waals surface area contributed by atoms with Crippen LogP contribution < -0.4 is 14.5 Å². The second-order valence-electron chi connectivity index (χ2n) is 16.0. The van der Waals surface area contributed by atoms with Gasteiger partial charge in [-0.25, -0.2) is 0 Å². The molecule has 294 valence electrons. The molecule has 0 aliphatic carbocycles. The van der Waals surface area contributed by atoms with E-state index in [4.69, 9.17) is 9.47 Å². The third-order valence-corrected chi connectivity index (χ3v) is 14.5. The highest BCUT2D eigenvalue weighted by Gasteiger charge is 2.66. The molecule has 5 atom stereocenters. The van der Waals surface area contributed by atoms with Crippen molar-refractivity contribution < 1.29 is 29.0 Å². The van der Waals surface area contributed by atoms with Crippen LogP contribution in [-0.4, -0.2) is 57.7 Å². The minimum Gasteiger partial charge on any atom is -0.454 e. The van der Waals surface area contributed by atoms with Crippen LogP contribution in [0, 0.1) is 5.92 Å². The Morgan fingerprint density at radius 2 is 1.55 bits per heavy atom. The molecule has 0 bridgehead atoms. The Labute approximate surface area is 338 Å². The zero-order chi connectivity index (χ0) is 40.2. The summed E-state index contributed by atoms with van der Waals surface area (Å²) in [5, 5.41) is 19.0. The number of rotatable bonds is 10. The standard InChI is InChI=1S/C46H45N5O6Si/c1-30-43(58(2,3)55)42(24-25-49-28-37(47-48-49)35(29-52)32-15-5-4-6-16-32)57-46(30)36-19-8-9-20-38(36)50(45(46)54)27-31-14-13-17-33(26-31)51-39-21-10-12-23-41(39)56-40-22-11-7-18-34(40)44(51)53/h4-23,26,28,30,35,42-43,52,55H,24-25,27,29H2,1-3H3/t30-,35?,42+,43-,46+/m1/s1. The quantitative estimate of drug-likeness (QED) is 0.134. The third-order valence-electron chi connectivity index (χ3n) is 12.0. The van der Waals surface area contributed by atoms with Gasteiger partial charge < -0.3 is 24.3 Å². The summed E-state index contributed by atoms with van der Waals surface area (Å²) in [7, 11) is -2.90. The minimum absolute atomic E-state index is 0.100. The molecule has 3 aliphatic heterocycles. The van der Waals surface area contributed by atoms with Crippen LogP contribution in [0.5, 0.6) is 11.5 Å². The predicted octanol–water partition coefficient (Wildman–Crippen LogP) is 7.92. The summed E-state index contributed by atoms with van der Waals surface area (Å²) in [6.07, 6.45) is 1.92. The molecule has 2 N–H and O–H groups in total. The van der Waals surface area contributed by atoms with E-state index in [1.807, 2.05) is 141 Å². The van der Waals surface area contributed by atoms with E-state index in [1.165, 1.54) is 0 Å². The number of ether oxygens (including phenoxy) is 2. The van der Waals surface area contributed by atoms with Crippen LogP contribution in [0.1, 0.15) is 52.0 Å². The number of aliphatic hydroxyl groups is 1. The molecule has 6 aromatic rings. The molecular weight excluding hydrogens is 747 g/mol. The maximum absolute atomic E-state index is 15.1. The predicted molar refractivity (Wildman–Crippen MR) is 223 cm³/mol. The first-order valence-electron chi connectivity index (χ1n) is 19.7. The van der Waals surface area contributed by atoms with E-state index in [1.54, 1.807) is 26.6 Å². The van der Waals surface area contributed by atoms with Gasteiger partial charge in [-0.3, -0.25) is 19.2 Å². The fourth-order valence-corrected chi connectivity index (χ4v) is 12.0. The number of amides is 2. The number of anilines is 3. The smallest absolute Gasteiger partial charge is 0.266 e. The van der Waals surface area contributed by atoms with Crippen LogP contribution >= 0.6 is 0 Å². The van der Waals surface area contributed by atoms with Crippen molar-refractivity contribution in [2.45, 2.75) is 62.7 Å². The number of aromatic nitrogens is 3. The average molecular weight is 792 g/mol. The highest BCUT2D eigenvalue weighted by Crippen LogP contribution is 2.60. The number of benzene rings is 5. The highest BCUT2D eigenvalue weighted by molar-refractivity contribution is 6.71. The summed E-state index contributed by atoms with van der Waals surface area (Å²) < 4.78 is 15.1. The van der Waals surface area contributed by atoms with Gasteiger partial charge in [-0.2, -0.15) is 0 Å². The summed E-state index contributed by atoms with van der Waals surface area (Å²) in [6.45, 7) is 6.47. The molecule has 1 spiro atoms. The molecule has 0 saturated carbocycles. The lowest BCUT2D eigenvalue weighted by molar-refractivity contribution is -0.146. The number of para-hydroxylation sites is 4. The van der Waals surface area contributed by atoms with Crippen molar-refractivity contribution in [2.24, 2.45) is 5.92 Å². The van der Waals surface area contributed by atoms with Gasteiger partial charge in [0.2, 0.25) is 0 Å². The van der Waals surface area contributed by atoms with Crippen LogP contribution in [0.3, 0.4) is 0 Å². The van der Waals surface area contributed by atoms with E-state index < -0.39 is 20.0 Å². The van der Waals surface area contributed by atoms with Crippen molar-refractivity contribution in [1.29, 1.82) is 0 Å². The number of aliphatic hydroxyl groups excluding tert-OH is 1. The van der Waals surface area contributed by atoms with Crippen molar-refractivity contribution in [3.05, 3.63) is 162 Å². The lowest BCUT2D eigenvalue weighted by atomic mass is 9.82. The summed E-state index contributed by atoms with van der Waals surface area (Å²) >= 11 is 0. The first-order valence-corrected chi connectivity index (χ1v) is 22.8. The fourth-order valence-electron chi connectivity index (χ4n) is 9.40. The van der Waals surface area contributed by atoms with Crippen molar-refractivity contribution in [2.75, 3.05) is 16.4 Å². The van der Waals surface area contributed by atoms with Gasteiger partial charge in [-0.1, -0.05) is 97.1 Å². The number of aryl methyl sites for hydroxylation is 1. The van der Waals surface area contributed by atoms with Crippen molar-refractivity contribution in [3.63, 3.8) is 0 Å². The Hall–Kier alpha value is -5.92. The number of carbonyl (C=O) groups excluding carboxylic acids is 2. The summed E-state index contributed by atoms with van der Waals surface area (Å²) in [4.78, 5) is 44.6. The van der Waals surface area contributed by atoms with Crippen LogP contribution in [-0.2, 0) is 28.2 Å². The first kappa shape index (κ1) is 37.6. The van der Waals surface area contributed by atoms with Crippen molar-refractivity contribution in [3.8, 4) is 11.5 Å². The summed E-state index contributed by atoms with van der Waals surface area (Å²) in [5.74, 6) is 0.0320. The molecule has 58 heavy (non-hydrogen) atoms. The molecule has 3 aliphatic rings. The van der Waals surface area contributed by atoms with Gasteiger partial charge in [0.05, 0.1) is 47.8 Å². The molecule has 11 nitrogen and oxygen atoms in total. The lowest BCUT2D eigenvalue weighted by Crippen LogP contribution is -2.46. The Morgan fingerprint density at radius 3 is 2.33 bits per heavy atom. The Bertz CT molecular complexity index is 2500. The Balaban J connectivity index is 1.01. The SMILES string of the molecule is C[C@@H]1[C@@H]([Si](C)(C)O)[C@H](CCn2cc(C(CO)c3ccccc3)nn2)O[C@@]12C(=O)N(Cc1cccc(N3C(=O)c4ccccc4Oc4ccccc43)c1)c1ccccc12. The van der Waals surface area contributed by atoms with E-state index in [9.17, 15) is 14.7 Å². The van der Waals surface area contributed by atoms with Gasteiger partial charge in [0.15, 0.2) is 19.7 Å². The molecule has 12 heteroatoms. The van der Waals surface area contributed by atoms with E-state index in [-0.39, 0.29) is 42.3 Å². The number of hydrogen-bond donors (Lipinski definition) is 2. The normalized spacial score (nSPS) is 21.7. The topological polar surface area (TPSA) is 130 Å². The van der Waals surface area contributed by atoms with Gasteiger partial charge in [0, 0.05) is 35.5 Å². The second kappa shape index (κ2) is 14.8. The maximum atomic E-state index is 15.1. The monoisotopic (exact) mass is 791 g/mol. The Kier molecular flexibility index (Phi) is 9.60. The molecule has 1 unspecified atom stereocenters. The third kappa shape index (κ3) is 6.33.